The molecule has 0 aliphatic rings. The Morgan fingerprint density at radius 2 is 1.80 bits per heavy atom. The van der Waals surface area contributed by atoms with Crippen molar-refractivity contribution in [2.75, 3.05) is 10.6 Å². The number of rotatable bonds is 4. The summed E-state index contributed by atoms with van der Waals surface area (Å²) in [6.07, 6.45) is 4.31. The van der Waals surface area contributed by atoms with E-state index < -0.39 is 17.5 Å². The number of amides is 1. The first kappa shape index (κ1) is 16.4. The average Bonchev–Trinajstić information content (AvgIpc) is 2.64. The molecule has 8 heteroatoms. The summed E-state index contributed by atoms with van der Waals surface area (Å²) in [5.41, 5.74) is 0.539. The minimum atomic E-state index is -1.56. The summed E-state index contributed by atoms with van der Waals surface area (Å²) in [6.45, 7) is 0. The van der Waals surface area contributed by atoms with Crippen LogP contribution in [0.4, 0.5) is 30.4 Å². The second-order valence-corrected chi connectivity index (χ2v) is 4.98. The minimum absolute atomic E-state index is 0.198. The number of aromatic nitrogens is 2. The van der Waals surface area contributed by atoms with Crippen LogP contribution >= 0.6 is 0 Å². The predicted octanol–water partition coefficient (Wildman–Crippen LogP) is 3.89. The van der Waals surface area contributed by atoms with Crippen molar-refractivity contribution in [3.8, 4) is 0 Å². The van der Waals surface area contributed by atoms with Gasteiger partial charge in [-0.1, -0.05) is 0 Å². The lowest BCUT2D eigenvalue weighted by Crippen LogP contribution is -2.12. The zero-order valence-electron chi connectivity index (χ0n) is 12.6. The van der Waals surface area contributed by atoms with Gasteiger partial charge in [0.2, 0.25) is 0 Å². The lowest BCUT2D eigenvalue weighted by Gasteiger charge is -2.09. The molecule has 1 amide bonds. The molecule has 0 fully saturated rings. The number of anilines is 3. The number of hydrogen-bond acceptors (Lipinski definition) is 4. The Kier molecular flexibility index (Phi) is 4.60. The summed E-state index contributed by atoms with van der Waals surface area (Å²) in [7, 11) is 0. The lowest BCUT2D eigenvalue weighted by molar-refractivity contribution is 0.102. The quantitative estimate of drug-likeness (QED) is 0.705. The number of halogens is 3. The summed E-state index contributed by atoms with van der Waals surface area (Å²) in [6, 6.07) is 8.10. The van der Waals surface area contributed by atoms with Gasteiger partial charge in [0.25, 0.3) is 5.91 Å². The maximum atomic E-state index is 13.6. The highest BCUT2D eigenvalue weighted by Gasteiger charge is 2.13. The predicted molar refractivity (Wildman–Crippen MR) is 86.0 cm³/mol. The van der Waals surface area contributed by atoms with E-state index in [0.29, 0.717) is 11.3 Å². The molecule has 0 saturated carbocycles. The second-order valence-electron chi connectivity index (χ2n) is 4.98. The molecule has 3 aromatic rings. The zero-order valence-corrected chi connectivity index (χ0v) is 12.6. The van der Waals surface area contributed by atoms with Crippen LogP contribution in [-0.4, -0.2) is 15.9 Å². The second kappa shape index (κ2) is 7.00. The fourth-order valence-corrected chi connectivity index (χ4v) is 2.00. The lowest BCUT2D eigenvalue weighted by atomic mass is 10.2. The van der Waals surface area contributed by atoms with Crippen molar-refractivity contribution in [1.29, 1.82) is 0 Å². The van der Waals surface area contributed by atoms with Crippen LogP contribution in [0.5, 0.6) is 0 Å². The van der Waals surface area contributed by atoms with E-state index in [0.717, 1.165) is 12.1 Å². The van der Waals surface area contributed by atoms with Gasteiger partial charge in [-0.3, -0.25) is 9.78 Å². The molecule has 25 heavy (non-hydrogen) atoms. The van der Waals surface area contributed by atoms with Gasteiger partial charge in [-0.05, 0) is 36.4 Å². The van der Waals surface area contributed by atoms with Gasteiger partial charge in [0.1, 0.15) is 5.82 Å². The first-order valence-corrected chi connectivity index (χ1v) is 7.12. The van der Waals surface area contributed by atoms with E-state index in [2.05, 4.69) is 20.6 Å². The van der Waals surface area contributed by atoms with Gasteiger partial charge >= 0.3 is 0 Å². The van der Waals surface area contributed by atoms with Crippen LogP contribution in [0.25, 0.3) is 0 Å². The van der Waals surface area contributed by atoms with Crippen LogP contribution in [0.2, 0.25) is 0 Å². The molecule has 0 bridgehead atoms. The van der Waals surface area contributed by atoms with Crippen LogP contribution in [0.1, 0.15) is 10.4 Å². The van der Waals surface area contributed by atoms with Crippen LogP contribution < -0.4 is 10.6 Å². The molecule has 2 heterocycles. The van der Waals surface area contributed by atoms with Crippen molar-refractivity contribution in [3.63, 3.8) is 0 Å². The van der Waals surface area contributed by atoms with E-state index in [1.54, 1.807) is 18.3 Å². The summed E-state index contributed by atoms with van der Waals surface area (Å²) >= 11 is 0. The van der Waals surface area contributed by atoms with Crippen LogP contribution in [0, 0.1) is 17.5 Å². The van der Waals surface area contributed by atoms with Crippen LogP contribution in [0.15, 0.2) is 55.0 Å². The number of benzene rings is 1. The van der Waals surface area contributed by atoms with Gasteiger partial charge < -0.3 is 10.6 Å². The Morgan fingerprint density at radius 3 is 2.48 bits per heavy atom. The number of pyridine rings is 2. The SMILES string of the molecule is O=C(Nc1ccc(Nc2ccc(F)c(F)c2F)nc1)c1cccnc1. The van der Waals surface area contributed by atoms with Crippen LogP contribution in [-0.2, 0) is 0 Å². The van der Waals surface area contributed by atoms with Crippen molar-refractivity contribution >= 4 is 23.1 Å². The molecular weight excluding hydrogens is 333 g/mol. The molecule has 5 nitrogen and oxygen atoms in total. The molecule has 0 saturated heterocycles. The smallest absolute Gasteiger partial charge is 0.257 e. The Morgan fingerprint density at radius 1 is 0.960 bits per heavy atom. The number of nitrogens with zero attached hydrogens (tertiary/aromatic N) is 2. The van der Waals surface area contributed by atoms with E-state index in [9.17, 15) is 18.0 Å². The number of hydrogen-bond donors (Lipinski definition) is 2. The molecule has 0 unspecified atom stereocenters. The molecule has 0 atom stereocenters. The van der Waals surface area contributed by atoms with Gasteiger partial charge in [-0.2, -0.15) is 0 Å². The van der Waals surface area contributed by atoms with E-state index in [-0.39, 0.29) is 17.4 Å². The molecule has 0 aliphatic carbocycles. The fraction of sp³-hybridized carbons (Fsp3) is 0. The van der Waals surface area contributed by atoms with Gasteiger partial charge in [0.05, 0.1) is 23.1 Å². The largest absolute Gasteiger partial charge is 0.338 e. The Balaban J connectivity index is 1.71. The van der Waals surface area contributed by atoms with Gasteiger partial charge in [0.15, 0.2) is 17.5 Å². The van der Waals surface area contributed by atoms with Crippen molar-refractivity contribution < 1.29 is 18.0 Å². The van der Waals surface area contributed by atoms with Gasteiger partial charge in [-0.25, -0.2) is 18.2 Å². The standard InChI is InChI=1S/C17H11F3N4O/c18-12-4-5-13(16(20)15(12)19)24-14-6-3-11(9-22-14)23-17(25)10-2-1-7-21-8-10/h1-9H,(H,22,24)(H,23,25). The van der Waals surface area contributed by atoms with Crippen molar-refractivity contribution in [3.05, 3.63) is 78.0 Å². The Hall–Kier alpha value is -3.42. The molecule has 0 aliphatic heterocycles. The summed E-state index contributed by atoms with van der Waals surface area (Å²) in [5.74, 6) is -4.34. The zero-order chi connectivity index (χ0) is 17.8. The van der Waals surface area contributed by atoms with Crippen molar-refractivity contribution in [2.45, 2.75) is 0 Å². The van der Waals surface area contributed by atoms with E-state index in [1.165, 1.54) is 24.5 Å². The summed E-state index contributed by atoms with van der Waals surface area (Å²) in [5, 5.41) is 5.16. The molecule has 3 rings (SSSR count). The monoisotopic (exact) mass is 344 g/mol. The molecule has 0 radical (unpaired) electrons. The molecule has 1 aromatic carbocycles. The minimum Gasteiger partial charge on any atom is -0.338 e. The average molecular weight is 344 g/mol. The maximum Gasteiger partial charge on any atom is 0.257 e. The third-order valence-corrected chi connectivity index (χ3v) is 3.24. The highest BCUT2D eigenvalue weighted by atomic mass is 19.2. The highest BCUT2D eigenvalue weighted by Crippen LogP contribution is 2.23. The summed E-state index contributed by atoms with van der Waals surface area (Å²) < 4.78 is 39.7. The molecule has 2 aromatic heterocycles. The fourth-order valence-electron chi connectivity index (χ4n) is 2.00. The molecule has 0 spiro atoms. The Labute approximate surface area is 140 Å². The number of carbonyl (C=O) groups is 1. The third kappa shape index (κ3) is 3.74. The molecule has 2 N–H and O–H groups in total. The van der Waals surface area contributed by atoms with Crippen molar-refractivity contribution in [2.24, 2.45) is 0 Å². The van der Waals surface area contributed by atoms with Gasteiger partial charge in [0, 0.05) is 12.4 Å². The first-order valence-electron chi connectivity index (χ1n) is 7.12. The number of carbonyl (C=O) groups excluding carboxylic acids is 1. The van der Waals surface area contributed by atoms with E-state index in [1.807, 2.05) is 0 Å². The molecule has 126 valence electrons. The van der Waals surface area contributed by atoms with Crippen LogP contribution in [0.3, 0.4) is 0 Å². The van der Waals surface area contributed by atoms with Gasteiger partial charge in [-0.15, -0.1) is 0 Å². The number of nitrogens with one attached hydrogen (secondary N) is 2. The normalized spacial score (nSPS) is 10.4. The first-order chi connectivity index (χ1) is 12.0. The van der Waals surface area contributed by atoms with Crippen molar-refractivity contribution in [1.82, 2.24) is 9.97 Å². The van der Waals surface area contributed by atoms with E-state index >= 15 is 0 Å². The summed E-state index contributed by atoms with van der Waals surface area (Å²) in [4.78, 5) is 19.8. The topological polar surface area (TPSA) is 66.9 Å². The third-order valence-electron chi connectivity index (χ3n) is 3.24. The highest BCUT2D eigenvalue weighted by molar-refractivity contribution is 6.03. The molecular formula is C17H11F3N4O. The Bertz CT molecular complexity index is 902. The van der Waals surface area contributed by atoms with E-state index in [4.69, 9.17) is 0 Å². The maximum absolute atomic E-state index is 13.6.